The molecular weight excluding hydrogens is 228 g/mol. The van der Waals surface area contributed by atoms with Gasteiger partial charge in [0, 0.05) is 11.5 Å². The summed E-state index contributed by atoms with van der Waals surface area (Å²) in [6.45, 7) is 0.338. The van der Waals surface area contributed by atoms with Crippen LogP contribution in [0.5, 0.6) is 5.88 Å². The lowest BCUT2D eigenvalue weighted by atomic mass is 10.2. The minimum atomic E-state index is 0.338. The zero-order chi connectivity index (χ0) is 12.4. The summed E-state index contributed by atoms with van der Waals surface area (Å²) in [5, 5.41) is 1.07. The number of ether oxygens (including phenoxy) is 1. The Hall–Kier alpha value is -2.49. The van der Waals surface area contributed by atoms with Crippen LogP contribution in [0.15, 0.2) is 52.9 Å². The molecule has 0 aliphatic heterocycles. The van der Waals surface area contributed by atoms with Crippen LogP contribution < -0.4 is 10.5 Å². The molecule has 0 saturated carbocycles. The minimum absolute atomic E-state index is 0.338. The molecule has 0 spiro atoms. The molecule has 90 valence electrons. The third-order valence-electron chi connectivity index (χ3n) is 2.58. The molecule has 3 aromatic rings. The zero-order valence-corrected chi connectivity index (χ0v) is 9.67. The standard InChI is InChI=1S/C14H12N2O2/c15-13-6-3-7-14(16-13)17-9-11-8-10-4-1-2-5-12(10)18-11/h1-8H,9H2,(H2,15,16). The Kier molecular flexibility index (Phi) is 2.61. The number of rotatable bonds is 3. The molecule has 0 bridgehead atoms. The van der Waals surface area contributed by atoms with Crippen molar-refractivity contribution < 1.29 is 9.15 Å². The highest BCUT2D eigenvalue weighted by molar-refractivity contribution is 5.77. The van der Waals surface area contributed by atoms with Gasteiger partial charge in [0.15, 0.2) is 0 Å². The first-order valence-corrected chi connectivity index (χ1v) is 5.64. The Morgan fingerprint density at radius 2 is 2.00 bits per heavy atom. The lowest BCUT2D eigenvalue weighted by Gasteiger charge is -2.02. The molecule has 2 heterocycles. The van der Waals surface area contributed by atoms with Crippen LogP contribution in [0.4, 0.5) is 5.82 Å². The van der Waals surface area contributed by atoms with Crippen molar-refractivity contribution >= 4 is 16.8 Å². The van der Waals surface area contributed by atoms with E-state index in [0.29, 0.717) is 18.3 Å². The lowest BCUT2D eigenvalue weighted by Crippen LogP contribution is -1.97. The number of aromatic nitrogens is 1. The molecule has 1 aromatic carbocycles. The topological polar surface area (TPSA) is 61.3 Å². The highest BCUT2D eigenvalue weighted by Gasteiger charge is 2.04. The van der Waals surface area contributed by atoms with E-state index in [1.165, 1.54) is 0 Å². The third-order valence-corrected chi connectivity index (χ3v) is 2.58. The highest BCUT2D eigenvalue weighted by atomic mass is 16.5. The summed E-state index contributed by atoms with van der Waals surface area (Å²) < 4.78 is 11.2. The first-order valence-electron chi connectivity index (χ1n) is 5.64. The minimum Gasteiger partial charge on any atom is -0.469 e. The fourth-order valence-corrected chi connectivity index (χ4v) is 1.76. The van der Waals surface area contributed by atoms with Crippen molar-refractivity contribution in [2.75, 3.05) is 5.73 Å². The second-order valence-electron chi connectivity index (χ2n) is 3.94. The summed E-state index contributed by atoms with van der Waals surface area (Å²) in [5.74, 6) is 1.70. The molecule has 0 atom stereocenters. The Bertz CT molecular complexity index is 643. The fourth-order valence-electron chi connectivity index (χ4n) is 1.76. The van der Waals surface area contributed by atoms with E-state index in [2.05, 4.69) is 4.98 Å². The third kappa shape index (κ3) is 2.13. The number of hydrogen-bond acceptors (Lipinski definition) is 4. The molecule has 0 aliphatic carbocycles. The van der Waals surface area contributed by atoms with Crippen molar-refractivity contribution in [3.05, 3.63) is 54.3 Å². The van der Waals surface area contributed by atoms with Gasteiger partial charge in [-0.2, -0.15) is 4.98 Å². The monoisotopic (exact) mass is 240 g/mol. The summed E-state index contributed by atoms with van der Waals surface area (Å²) in [6.07, 6.45) is 0. The van der Waals surface area contributed by atoms with Gasteiger partial charge < -0.3 is 14.9 Å². The molecule has 0 unspecified atom stereocenters. The van der Waals surface area contributed by atoms with Gasteiger partial charge in [-0.3, -0.25) is 0 Å². The van der Waals surface area contributed by atoms with Crippen LogP contribution in [0.25, 0.3) is 11.0 Å². The van der Waals surface area contributed by atoms with Gasteiger partial charge in [-0.25, -0.2) is 0 Å². The second kappa shape index (κ2) is 4.41. The average molecular weight is 240 g/mol. The Morgan fingerprint density at radius 3 is 2.83 bits per heavy atom. The maximum absolute atomic E-state index is 5.64. The average Bonchev–Trinajstić information content (AvgIpc) is 2.79. The van der Waals surface area contributed by atoms with Crippen LogP contribution in [0, 0.1) is 0 Å². The normalized spacial score (nSPS) is 10.7. The van der Waals surface area contributed by atoms with Gasteiger partial charge in [0.05, 0.1) is 0 Å². The fraction of sp³-hybridized carbons (Fsp3) is 0.0714. The number of anilines is 1. The van der Waals surface area contributed by atoms with Crippen molar-refractivity contribution in [2.24, 2.45) is 0 Å². The molecular formula is C14H12N2O2. The van der Waals surface area contributed by atoms with Crippen molar-refractivity contribution in [3.63, 3.8) is 0 Å². The largest absolute Gasteiger partial charge is 0.469 e. The quantitative estimate of drug-likeness (QED) is 0.764. The van der Waals surface area contributed by atoms with E-state index in [1.807, 2.05) is 30.3 Å². The van der Waals surface area contributed by atoms with E-state index < -0.39 is 0 Å². The Morgan fingerprint density at radius 1 is 1.11 bits per heavy atom. The summed E-state index contributed by atoms with van der Waals surface area (Å²) in [6, 6.07) is 15.1. The number of fused-ring (bicyclic) bond motifs is 1. The smallest absolute Gasteiger partial charge is 0.215 e. The van der Waals surface area contributed by atoms with E-state index in [0.717, 1.165) is 16.7 Å². The number of nitrogens with two attached hydrogens (primary N) is 1. The van der Waals surface area contributed by atoms with Crippen LogP contribution in [-0.4, -0.2) is 4.98 Å². The Balaban J connectivity index is 1.76. The molecule has 0 radical (unpaired) electrons. The molecule has 0 saturated heterocycles. The van der Waals surface area contributed by atoms with Crippen molar-refractivity contribution in [2.45, 2.75) is 6.61 Å². The number of nitrogens with zero attached hydrogens (tertiary/aromatic N) is 1. The van der Waals surface area contributed by atoms with Gasteiger partial charge in [-0.1, -0.05) is 24.3 Å². The Labute approximate surface area is 104 Å². The first-order chi connectivity index (χ1) is 8.81. The second-order valence-corrected chi connectivity index (χ2v) is 3.94. The van der Waals surface area contributed by atoms with Gasteiger partial charge >= 0.3 is 0 Å². The highest BCUT2D eigenvalue weighted by Crippen LogP contribution is 2.20. The maximum atomic E-state index is 5.64. The number of hydrogen-bond donors (Lipinski definition) is 1. The lowest BCUT2D eigenvalue weighted by molar-refractivity contribution is 0.265. The molecule has 4 heteroatoms. The predicted octanol–water partition coefficient (Wildman–Crippen LogP) is 2.99. The van der Waals surface area contributed by atoms with Gasteiger partial charge in [0.2, 0.25) is 5.88 Å². The molecule has 2 aromatic heterocycles. The molecule has 0 amide bonds. The van der Waals surface area contributed by atoms with Gasteiger partial charge in [-0.15, -0.1) is 0 Å². The van der Waals surface area contributed by atoms with Crippen molar-refractivity contribution in [1.82, 2.24) is 4.98 Å². The van der Waals surface area contributed by atoms with Crippen LogP contribution in [-0.2, 0) is 6.61 Å². The van der Waals surface area contributed by atoms with E-state index in [4.69, 9.17) is 14.9 Å². The SMILES string of the molecule is Nc1cccc(OCc2cc3ccccc3o2)n1. The van der Waals surface area contributed by atoms with Crippen molar-refractivity contribution in [3.8, 4) is 5.88 Å². The van der Waals surface area contributed by atoms with Gasteiger partial charge in [0.1, 0.15) is 23.8 Å². The summed E-state index contributed by atoms with van der Waals surface area (Å²) in [4.78, 5) is 4.06. The summed E-state index contributed by atoms with van der Waals surface area (Å²) in [7, 11) is 0. The molecule has 2 N–H and O–H groups in total. The van der Waals surface area contributed by atoms with Crippen LogP contribution in [0.2, 0.25) is 0 Å². The van der Waals surface area contributed by atoms with Crippen LogP contribution in [0.3, 0.4) is 0 Å². The van der Waals surface area contributed by atoms with E-state index in [9.17, 15) is 0 Å². The van der Waals surface area contributed by atoms with E-state index >= 15 is 0 Å². The molecule has 3 rings (SSSR count). The molecule has 4 nitrogen and oxygen atoms in total. The zero-order valence-electron chi connectivity index (χ0n) is 9.67. The molecule has 0 fully saturated rings. The summed E-state index contributed by atoms with van der Waals surface area (Å²) in [5.41, 5.74) is 6.43. The predicted molar refractivity (Wildman–Crippen MR) is 69.2 cm³/mol. The number of para-hydroxylation sites is 1. The molecule has 18 heavy (non-hydrogen) atoms. The number of pyridine rings is 1. The number of nitrogen functional groups attached to an aromatic ring is 1. The van der Waals surface area contributed by atoms with E-state index in [-0.39, 0.29) is 0 Å². The summed E-state index contributed by atoms with van der Waals surface area (Å²) >= 11 is 0. The van der Waals surface area contributed by atoms with E-state index in [1.54, 1.807) is 18.2 Å². The maximum Gasteiger partial charge on any atom is 0.215 e. The number of furan rings is 1. The van der Waals surface area contributed by atoms with Crippen LogP contribution in [0.1, 0.15) is 5.76 Å². The van der Waals surface area contributed by atoms with Crippen LogP contribution >= 0.6 is 0 Å². The first kappa shape index (κ1) is 10.7. The molecule has 0 aliphatic rings. The van der Waals surface area contributed by atoms with Gasteiger partial charge in [0.25, 0.3) is 0 Å². The van der Waals surface area contributed by atoms with Gasteiger partial charge in [-0.05, 0) is 18.2 Å². The van der Waals surface area contributed by atoms with Crippen molar-refractivity contribution in [1.29, 1.82) is 0 Å². The number of benzene rings is 1.